The molecule has 0 saturated carbocycles. The quantitative estimate of drug-likeness (QED) is 0.680. The van der Waals surface area contributed by atoms with Crippen molar-refractivity contribution < 1.29 is 0 Å². The number of nitrogens with one attached hydrogen (secondary N) is 1. The number of pyridine rings is 2. The second-order valence-electron chi connectivity index (χ2n) is 3.82. The van der Waals surface area contributed by atoms with Crippen LogP contribution in [0.4, 0.5) is 0 Å². The van der Waals surface area contributed by atoms with Gasteiger partial charge in [0.05, 0.1) is 5.52 Å². The van der Waals surface area contributed by atoms with Crippen molar-refractivity contribution in [3.63, 3.8) is 0 Å². The van der Waals surface area contributed by atoms with Gasteiger partial charge in [0.1, 0.15) is 0 Å². The third-order valence-corrected chi connectivity index (χ3v) is 2.77. The molecule has 0 bridgehead atoms. The average molecular weight is 226 g/mol. The Balaban J connectivity index is 2.27. The molecule has 0 radical (unpaired) electrons. The minimum Gasteiger partial charge on any atom is -0.294 e. The Hall–Kier alpha value is -2.43. The highest BCUT2D eigenvalue weighted by atomic mass is 16.1. The summed E-state index contributed by atoms with van der Waals surface area (Å²) >= 11 is 0. The maximum absolute atomic E-state index is 11.4. The van der Waals surface area contributed by atoms with Crippen molar-refractivity contribution in [3.8, 4) is 11.1 Å². The number of fused-ring (bicyclic) bond motifs is 1. The second-order valence-corrected chi connectivity index (χ2v) is 3.82. The highest BCUT2D eigenvalue weighted by molar-refractivity contribution is 5.77. The molecule has 1 N–H and O–H groups in total. The molecule has 0 aliphatic rings. The Bertz CT molecular complexity index is 727. The fraction of sp³-hybridized carbons (Fsp3) is 0.0833. The maximum atomic E-state index is 11.4. The van der Waals surface area contributed by atoms with Gasteiger partial charge in [-0.1, -0.05) is 0 Å². The van der Waals surface area contributed by atoms with Gasteiger partial charge in [-0.15, -0.1) is 0 Å². The molecule has 84 valence electrons. The average Bonchev–Trinajstić information content (AvgIpc) is 2.66. The van der Waals surface area contributed by atoms with Crippen molar-refractivity contribution in [2.45, 2.75) is 0 Å². The smallest absolute Gasteiger partial charge is 0.294 e. The fourth-order valence-corrected chi connectivity index (χ4v) is 1.80. The van der Waals surface area contributed by atoms with E-state index in [1.54, 1.807) is 30.2 Å². The van der Waals surface area contributed by atoms with Crippen LogP contribution in [0.5, 0.6) is 0 Å². The fourth-order valence-electron chi connectivity index (χ4n) is 1.80. The molecule has 0 spiro atoms. The van der Waals surface area contributed by atoms with E-state index in [2.05, 4.69) is 15.0 Å². The number of rotatable bonds is 1. The summed E-state index contributed by atoms with van der Waals surface area (Å²) in [7, 11) is 1.72. The van der Waals surface area contributed by atoms with Crippen LogP contribution in [0.1, 0.15) is 0 Å². The van der Waals surface area contributed by atoms with Crippen LogP contribution in [-0.2, 0) is 7.05 Å². The van der Waals surface area contributed by atoms with Gasteiger partial charge >= 0.3 is 5.69 Å². The van der Waals surface area contributed by atoms with E-state index < -0.39 is 0 Å². The molecule has 5 heteroatoms. The summed E-state index contributed by atoms with van der Waals surface area (Å²) < 4.78 is 1.55. The van der Waals surface area contributed by atoms with Crippen molar-refractivity contribution >= 4 is 11.2 Å². The van der Waals surface area contributed by atoms with Gasteiger partial charge in [-0.05, 0) is 23.8 Å². The molecule has 0 aliphatic heterocycles. The van der Waals surface area contributed by atoms with Gasteiger partial charge in [-0.3, -0.25) is 14.5 Å². The second kappa shape index (κ2) is 3.55. The van der Waals surface area contributed by atoms with Crippen molar-refractivity contribution in [3.05, 3.63) is 47.3 Å². The van der Waals surface area contributed by atoms with Crippen LogP contribution in [0.3, 0.4) is 0 Å². The zero-order valence-corrected chi connectivity index (χ0v) is 9.21. The number of hydrogen-bond acceptors (Lipinski definition) is 3. The summed E-state index contributed by atoms with van der Waals surface area (Å²) in [4.78, 5) is 22.3. The largest absolute Gasteiger partial charge is 0.327 e. The lowest BCUT2D eigenvalue weighted by molar-refractivity contribution is 0.891. The Kier molecular flexibility index (Phi) is 2.04. The number of H-pyrrole nitrogens is 1. The van der Waals surface area contributed by atoms with Crippen LogP contribution >= 0.6 is 0 Å². The van der Waals surface area contributed by atoms with E-state index >= 15 is 0 Å². The van der Waals surface area contributed by atoms with Crippen LogP contribution < -0.4 is 5.69 Å². The standard InChI is InChI=1S/C12H10N4O/c1-16-10-6-9(8-2-4-13-5-3-8)7-14-11(10)15-12(16)17/h2-7H,1H3,(H,14,15,17). The van der Waals surface area contributed by atoms with E-state index in [1.807, 2.05) is 18.2 Å². The summed E-state index contributed by atoms with van der Waals surface area (Å²) in [6.45, 7) is 0. The highest BCUT2D eigenvalue weighted by Gasteiger charge is 2.06. The predicted molar refractivity (Wildman–Crippen MR) is 64.6 cm³/mol. The van der Waals surface area contributed by atoms with Crippen LogP contribution in [0.25, 0.3) is 22.3 Å². The highest BCUT2D eigenvalue weighted by Crippen LogP contribution is 2.20. The minimum absolute atomic E-state index is 0.153. The van der Waals surface area contributed by atoms with Crippen molar-refractivity contribution in [2.24, 2.45) is 7.05 Å². The summed E-state index contributed by atoms with van der Waals surface area (Å²) in [6, 6.07) is 5.76. The Morgan fingerprint density at radius 3 is 2.76 bits per heavy atom. The normalized spacial score (nSPS) is 10.9. The van der Waals surface area contributed by atoms with Gasteiger partial charge in [0, 0.05) is 31.2 Å². The zero-order valence-electron chi connectivity index (χ0n) is 9.21. The lowest BCUT2D eigenvalue weighted by atomic mass is 10.1. The lowest BCUT2D eigenvalue weighted by Gasteiger charge is -2.01. The summed E-state index contributed by atoms with van der Waals surface area (Å²) in [6.07, 6.45) is 5.21. The third-order valence-electron chi connectivity index (χ3n) is 2.77. The number of aromatic nitrogens is 4. The van der Waals surface area contributed by atoms with E-state index in [-0.39, 0.29) is 5.69 Å². The zero-order chi connectivity index (χ0) is 11.8. The Morgan fingerprint density at radius 1 is 1.24 bits per heavy atom. The minimum atomic E-state index is -0.153. The maximum Gasteiger partial charge on any atom is 0.327 e. The van der Waals surface area contributed by atoms with Gasteiger partial charge < -0.3 is 0 Å². The van der Waals surface area contributed by atoms with Crippen LogP contribution in [-0.4, -0.2) is 19.5 Å². The molecule has 3 rings (SSSR count). The Labute approximate surface area is 96.8 Å². The molecule has 0 unspecified atom stereocenters. The van der Waals surface area contributed by atoms with E-state index in [0.29, 0.717) is 5.65 Å². The molecule has 3 aromatic rings. The number of hydrogen-bond donors (Lipinski definition) is 1. The predicted octanol–water partition coefficient (Wildman–Crippen LogP) is 1.32. The molecule has 0 aromatic carbocycles. The van der Waals surface area contributed by atoms with Gasteiger partial charge in [0.25, 0.3) is 0 Å². The number of aromatic amines is 1. The summed E-state index contributed by atoms with van der Waals surface area (Å²) in [5.74, 6) is 0. The topological polar surface area (TPSA) is 63.6 Å². The van der Waals surface area contributed by atoms with Crippen LogP contribution in [0.15, 0.2) is 41.6 Å². The first-order valence-corrected chi connectivity index (χ1v) is 5.21. The molecular weight excluding hydrogens is 216 g/mol. The monoisotopic (exact) mass is 226 g/mol. The van der Waals surface area contributed by atoms with E-state index in [1.165, 1.54) is 0 Å². The Morgan fingerprint density at radius 2 is 2.00 bits per heavy atom. The van der Waals surface area contributed by atoms with Gasteiger partial charge in [0.2, 0.25) is 0 Å². The van der Waals surface area contributed by atoms with E-state index in [4.69, 9.17) is 0 Å². The van der Waals surface area contributed by atoms with Gasteiger partial charge in [-0.2, -0.15) is 0 Å². The van der Waals surface area contributed by atoms with Gasteiger partial charge in [0.15, 0.2) is 5.65 Å². The molecule has 0 aliphatic carbocycles. The van der Waals surface area contributed by atoms with E-state index in [0.717, 1.165) is 16.6 Å². The van der Waals surface area contributed by atoms with Crippen LogP contribution in [0.2, 0.25) is 0 Å². The molecule has 0 saturated heterocycles. The summed E-state index contributed by atoms with van der Waals surface area (Å²) in [5, 5.41) is 0. The lowest BCUT2D eigenvalue weighted by Crippen LogP contribution is -2.11. The SMILES string of the molecule is Cn1c(=O)[nH]c2ncc(-c3ccncc3)cc21. The first-order valence-electron chi connectivity index (χ1n) is 5.21. The number of aryl methyl sites for hydroxylation is 1. The van der Waals surface area contributed by atoms with E-state index in [9.17, 15) is 4.79 Å². The summed E-state index contributed by atoms with van der Waals surface area (Å²) in [5.41, 5.74) is 3.25. The van der Waals surface area contributed by atoms with Crippen molar-refractivity contribution in [1.82, 2.24) is 19.5 Å². The van der Waals surface area contributed by atoms with Gasteiger partial charge in [-0.25, -0.2) is 9.78 Å². The molecule has 0 amide bonds. The molecule has 17 heavy (non-hydrogen) atoms. The number of nitrogens with zero attached hydrogens (tertiary/aromatic N) is 3. The molecule has 0 atom stereocenters. The van der Waals surface area contributed by atoms with Crippen LogP contribution in [0, 0.1) is 0 Å². The van der Waals surface area contributed by atoms with Crippen molar-refractivity contribution in [1.29, 1.82) is 0 Å². The third kappa shape index (κ3) is 1.52. The molecular formula is C12H10N4O. The molecule has 0 fully saturated rings. The molecule has 3 heterocycles. The first-order chi connectivity index (χ1) is 8.25. The number of imidazole rings is 1. The first kappa shape index (κ1) is 9.77. The molecule has 5 nitrogen and oxygen atoms in total. The van der Waals surface area contributed by atoms with Crippen molar-refractivity contribution in [2.75, 3.05) is 0 Å². The molecule has 3 aromatic heterocycles.